The first-order valence-electron chi connectivity index (χ1n) is 5.47. The summed E-state index contributed by atoms with van der Waals surface area (Å²) >= 11 is 0. The van der Waals surface area contributed by atoms with Gasteiger partial charge >= 0.3 is 11.1 Å². The Labute approximate surface area is 101 Å². The van der Waals surface area contributed by atoms with E-state index in [1.807, 2.05) is 6.92 Å². The molecule has 2 N–H and O–H groups in total. The van der Waals surface area contributed by atoms with E-state index in [4.69, 9.17) is 0 Å². The quantitative estimate of drug-likeness (QED) is 0.566. The number of aryl methyl sites for hydroxylation is 1. The molecule has 2 heterocycles. The van der Waals surface area contributed by atoms with Gasteiger partial charge in [-0.05, 0) is 6.42 Å². The molecule has 0 radical (unpaired) electrons. The van der Waals surface area contributed by atoms with Crippen LogP contribution in [0.1, 0.15) is 13.3 Å². The van der Waals surface area contributed by atoms with Crippen molar-refractivity contribution in [2.75, 3.05) is 11.9 Å². The van der Waals surface area contributed by atoms with Crippen molar-refractivity contribution < 1.29 is 5.21 Å². The van der Waals surface area contributed by atoms with Crippen LogP contribution >= 0.6 is 0 Å². The lowest BCUT2D eigenvalue weighted by molar-refractivity contribution is 0.185. The van der Waals surface area contributed by atoms with Crippen molar-refractivity contribution in [1.82, 2.24) is 19.3 Å². The number of hydrogen-bond acceptors (Lipinski definition) is 6. The summed E-state index contributed by atoms with van der Waals surface area (Å²) in [6.07, 6.45) is 2.12. The van der Waals surface area contributed by atoms with Gasteiger partial charge in [0.1, 0.15) is 6.33 Å². The maximum absolute atomic E-state index is 11.5. The Morgan fingerprint density at radius 3 is 2.72 bits per heavy atom. The number of aromatic nitrogens is 4. The third-order valence-electron chi connectivity index (χ3n) is 2.55. The summed E-state index contributed by atoms with van der Waals surface area (Å²) in [4.78, 5) is 30.9. The highest BCUT2D eigenvalue weighted by Gasteiger charge is 2.15. The van der Waals surface area contributed by atoms with E-state index < -0.39 is 11.1 Å². The Hall–Kier alpha value is -2.38. The van der Waals surface area contributed by atoms with Gasteiger partial charge in [0.25, 0.3) is 0 Å². The maximum atomic E-state index is 11.5. The van der Waals surface area contributed by atoms with Gasteiger partial charge in [-0.15, -0.1) is 4.73 Å². The van der Waals surface area contributed by atoms with Crippen LogP contribution < -0.4 is 16.4 Å². The first-order valence-corrected chi connectivity index (χ1v) is 5.47. The molecule has 18 heavy (non-hydrogen) atoms. The maximum Gasteiger partial charge on any atom is 0.349 e. The number of rotatable bonds is 3. The molecule has 0 aliphatic rings. The molecule has 0 spiro atoms. The summed E-state index contributed by atoms with van der Waals surface area (Å²) < 4.78 is 1.37. The fourth-order valence-electron chi connectivity index (χ4n) is 1.61. The summed E-state index contributed by atoms with van der Waals surface area (Å²) in [6, 6.07) is 0. The smallest absolute Gasteiger partial charge is 0.349 e. The number of anilines is 1. The van der Waals surface area contributed by atoms with Gasteiger partial charge in [0.05, 0.1) is 0 Å². The van der Waals surface area contributed by atoms with Crippen molar-refractivity contribution in [3.8, 4) is 0 Å². The van der Waals surface area contributed by atoms with Crippen molar-refractivity contribution in [1.29, 1.82) is 0 Å². The van der Waals surface area contributed by atoms with E-state index in [-0.39, 0.29) is 15.9 Å². The highest BCUT2D eigenvalue weighted by atomic mass is 16.5. The Kier molecular flexibility index (Phi) is 3.00. The zero-order valence-corrected chi connectivity index (χ0v) is 10.0. The lowest BCUT2D eigenvalue weighted by Crippen LogP contribution is -2.40. The molecule has 0 aliphatic heterocycles. The minimum absolute atomic E-state index is 0.0954. The van der Waals surface area contributed by atoms with Crippen molar-refractivity contribution in [3.05, 3.63) is 27.0 Å². The fraction of sp³-hybridized carbons (Fsp3) is 0.400. The molecule has 8 heteroatoms. The van der Waals surface area contributed by atoms with Crippen LogP contribution in [0.2, 0.25) is 0 Å². The average Bonchev–Trinajstić information content (AvgIpc) is 2.40. The Morgan fingerprint density at radius 1 is 1.33 bits per heavy atom. The van der Waals surface area contributed by atoms with Crippen LogP contribution in [0.15, 0.2) is 15.9 Å². The molecule has 8 nitrogen and oxygen atoms in total. The second-order valence-electron chi connectivity index (χ2n) is 3.80. The molecule has 2 rings (SSSR count). The van der Waals surface area contributed by atoms with E-state index in [2.05, 4.69) is 15.3 Å². The number of nitrogens with zero attached hydrogens (tertiary/aromatic N) is 4. The Bertz CT molecular complexity index is 703. The standard InChI is InChI=1S/C10H13N5O3/c1-3-4-11-7-6-8(13-5-12-7)14(2)9(16)10(17)15(6)18/h5,18H,3-4H2,1-2H3,(H,11,12,13). The van der Waals surface area contributed by atoms with Gasteiger partial charge in [0, 0.05) is 13.6 Å². The molecule has 0 saturated heterocycles. The molecule has 0 aromatic carbocycles. The Morgan fingerprint density at radius 2 is 2.06 bits per heavy atom. The van der Waals surface area contributed by atoms with Gasteiger partial charge in [-0.3, -0.25) is 14.2 Å². The molecular weight excluding hydrogens is 238 g/mol. The molecule has 0 bridgehead atoms. The summed E-state index contributed by atoms with van der Waals surface area (Å²) in [5, 5.41) is 12.7. The minimum atomic E-state index is -1.03. The second kappa shape index (κ2) is 4.47. The molecule has 2 aromatic heterocycles. The molecule has 0 saturated carbocycles. The molecule has 0 unspecified atom stereocenters. The molecule has 2 aromatic rings. The van der Waals surface area contributed by atoms with Crippen LogP contribution in [0.4, 0.5) is 5.82 Å². The molecule has 0 fully saturated rings. The highest BCUT2D eigenvalue weighted by molar-refractivity contribution is 5.82. The van der Waals surface area contributed by atoms with Crippen LogP contribution in [-0.4, -0.2) is 31.0 Å². The monoisotopic (exact) mass is 251 g/mol. The highest BCUT2D eigenvalue weighted by Crippen LogP contribution is 2.14. The third-order valence-corrected chi connectivity index (χ3v) is 2.55. The lowest BCUT2D eigenvalue weighted by Gasteiger charge is -2.10. The first-order chi connectivity index (χ1) is 8.57. The fourth-order valence-corrected chi connectivity index (χ4v) is 1.61. The zero-order valence-electron chi connectivity index (χ0n) is 10.0. The number of hydrogen-bond donors (Lipinski definition) is 2. The predicted molar refractivity (Wildman–Crippen MR) is 65.0 cm³/mol. The predicted octanol–water partition coefficient (Wildman–Crippen LogP) is -0.451. The SMILES string of the molecule is CCCNc1ncnc2c1n(O)c(=O)c(=O)n2C. The van der Waals surface area contributed by atoms with Crippen LogP contribution in [0, 0.1) is 0 Å². The molecular formula is C10H13N5O3. The molecule has 0 aliphatic carbocycles. The normalized spacial score (nSPS) is 10.8. The van der Waals surface area contributed by atoms with E-state index in [1.165, 1.54) is 13.4 Å². The summed E-state index contributed by atoms with van der Waals surface area (Å²) in [7, 11) is 1.42. The van der Waals surface area contributed by atoms with Gasteiger partial charge in [0.15, 0.2) is 17.0 Å². The van der Waals surface area contributed by atoms with Crippen LogP contribution in [0.5, 0.6) is 0 Å². The zero-order chi connectivity index (χ0) is 13.3. The summed E-state index contributed by atoms with van der Waals surface area (Å²) in [6.45, 7) is 2.60. The number of nitrogens with one attached hydrogen (secondary N) is 1. The van der Waals surface area contributed by atoms with Crippen molar-refractivity contribution >= 4 is 17.0 Å². The summed E-state index contributed by atoms with van der Waals surface area (Å²) in [5.74, 6) is 0.317. The largest absolute Gasteiger partial charge is 0.424 e. The van der Waals surface area contributed by atoms with E-state index >= 15 is 0 Å². The van der Waals surface area contributed by atoms with Gasteiger partial charge in [0.2, 0.25) is 0 Å². The topological polar surface area (TPSA) is 102 Å². The Balaban J connectivity index is 2.84. The van der Waals surface area contributed by atoms with Crippen LogP contribution in [0.25, 0.3) is 11.2 Å². The second-order valence-corrected chi connectivity index (χ2v) is 3.80. The molecule has 0 amide bonds. The van der Waals surface area contributed by atoms with E-state index in [1.54, 1.807) is 0 Å². The number of fused-ring (bicyclic) bond motifs is 1. The summed E-state index contributed by atoms with van der Waals surface area (Å²) in [5.41, 5.74) is -1.58. The van der Waals surface area contributed by atoms with Crippen LogP contribution in [0.3, 0.4) is 0 Å². The van der Waals surface area contributed by atoms with E-state index in [9.17, 15) is 14.8 Å². The van der Waals surface area contributed by atoms with Gasteiger partial charge in [-0.1, -0.05) is 6.92 Å². The average molecular weight is 251 g/mol. The van der Waals surface area contributed by atoms with E-state index in [0.717, 1.165) is 11.0 Å². The lowest BCUT2D eigenvalue weighted by atomic mass is 10.4. The van der Waals surface area contributed by atoms with Crippen molar-refractivity contribution in [2.24, 2.45) is 7.05 Å². The van der Waals surface area contributed by atoms with Crippen LogP contribution in [-0.2, 0) is 7.05 Å². The van der Waals surface area contributed by atoms with Crippen molar-refractivity contribution in [2.45, 2.75) is 13.3 Å². The van der Waals surface area contributed by atoms with Crippen molar-refractivity contribution in [3.63, 3.8) is 0 Å². The molecule has 96 valence electrons. The third kappa shape index (κ3) is 1.71. The van der Waals surface area contributed by atoms with E-state index in [0.29, 0.717) is 12.4 Å². The minimum Gasteiger partial charge on any atom is -0.424 e. The first kappa shape index (κ1) is 12.1. The van der Waals surface area contributed by atoms with Gasteiger partial charge in [-0.2, -0.15) is 0 Å². The van der Waals surface area contributed by atoms with Gasteiger partial charge < -0.3 is 10.5 Å². The molecule has 0 atom stereocenters. The van der Waals surface area contributed by atoms with Gasteiger partial charge in [-0.25, -0.2) is 9.97 Å².